The molecule has 0 unspecified atom stereocenters. The van der Waals surface area contributed by atoms with Gasteiger partial charge in [-0.1, -0.05) is 0 Å². The Kier molecular flexibility index (Phi) is 13.4. The van der Waals surface area contributed by atoms with Crippen molar-refractivity contribution in [2.75, 3.05) is 12.3 Å². The minimum Gasteiger partial charge on any atom is -0.481 e. The molecule has 0 spiro atoms. The highest BCUT2D eigenvalue weighted by Crippen LogP contribution is 2.13. The van der Waals surface area contributed by atoms with Gasteiger partial charge in [-0.05, 0) is 6.42 Å². The van der Waals surface area contributed by atoms with Crippen LogP contribution >= 0.6 is 12.6 Å². The van der Waals surface area contributed by atoms with Crippen LogP contribution < -0.4 is 16.4 Å². The number of aliphatic carboxylic acids is 3. The van der Waals surface area contributed by atoms with E-state index in [1.54, 1.807) is 0 Å². The quantitative estimate of drug-likeness (QED) is 0.207. The van der Waals surface area contributed by atoms with Gasteiger partial charge >= 0.3 is 24.1 Å². The number of hydrogen-bond acceptors (Lipinski definition) is 7. The molecule has 0 fully saturated rings. The number of alkyl halides is 3. The van der Waals surface area contributed by atoms with E-state index in [-0.39, 0.29) is 31.6 Å². The first-order valence-electron chi connectivity index (χ1n) is 7.40. The Hall–Kier alpha value is -2.55. The van der Waals surface area contributed by atoms with Crippen LogP contribution in [0.15, 0.2) is 0 Å². The Morgan fingerprint density at radius 1 is 1.04 bits per heavy atom. The Morgan fingerprint density at radius 2 is 1.54 bits per heavy atom. The van der Waals surface area contributed by atoms with Gasteiger partial charge in [-0.3, -0.25) is 19.2 Å². The van der Waals surface area contributed by atoms with Gasteiger partial charge in [0.1, 0.15) is 12.1 Å². The number of nitrogens with one attached hydrogen (secondary N) is 2. The summed E-state index contributed by atoms with van der Waals surface area (Å²) in [4.78, 5) is 52.9. The fourth-order valence-electron chi connectivity index (χ4n) is 1.29. The number of rotatable bonds is 10. The van der Waals surface area contributed by atoms with Crippen molar-refractivity contribution in [3.8, 4) is 0 Å². The fourth-order valence-corrected chi connectivity index (χ4v) is 1.54. The molecule has 0 rings (SSSR count). The first kappa shape index (κ1) is 27.7. The maximum Gasteiger partial charge on any atom is 0.490 e. The van der Waals surface area contributed by atoms with Crippen molar-refractivity contribution < 1.29 is 52.5 Å². The molecular weight excluding hydrogens is 415 g/mol. The second kappa shape index (κ2) is 13.6. The maximum absolute atomic E-state index is 11.7. The number of carbonyl (C=O) groups is 5. The zero-order valence-electron chi connectivity index (χ0n) is 14.2. The maximum atomic E-state index is 11.7. The zero-order chi connectivity index (χ0) is 22.5. The van der Waals surface area contributed by atoms with Crippen molar-refractivity contribution in [3.05, 3.63) is 0 Å². The van der Waals surface area contributed by atoms with E-state index in [9.17, 15) is 32.3 Å². The molecule has 15 heteroatoms. The van der Waals surface area contributed by atoms with E-state index < -0.39 is 48.0 Å². The summed E-state index contributed by atoms with van der Waals surface area (Å²) in [5.41, 5.74) is 5.25. The Bertz CT molecular complexity index is 574. The third-order valence-corrected chi connectivity index (χ3v) is 3.08. The van der Waals surface area contributed by atoms with Crippen LogP contribution in [0.4, 0.5) is 13.2 Å². The van der Waals surface area contributed by atoms with Crippen LogP contribution in [0, 0.1) is 0 Å². The van der Waals surface area contributed by atoms with Crippen molar-refractivity contribution in [3.63, 3.8) is 0 Å². The lowest BCUT2D eigenvalue weighted by atomic mass is 10.1. The van der Waals surface area contributed by atoms with Gasteiger partial charge in [0.05, 0.1) is 6.42 Å². The summed E-state index contributed by atoms with van der Waals surface area (Å²) in [5.74, 6) is -6.08. The van der Waals surface area contributed by atoms with E-state index in [0.717, 1.165) is 0 Å². The number of halogens is 3. The van der Waals surface area contributed by atoms with Gasteiger partial charge in [-0.25, -0.2) is 4.79 Å². The van der Waals surface area contributed by atoms with Crippen LogP contribution in [0.1, 0.15) is 19.3 Å². The van der Waals surface area contributed by atoms with Gasteiger partial charge in [0.2, 0.25) is 11.8 Å². The van der Waals surface area contributed by atoms with Crippen molar-refractivity contribution in [1.29, 1.82) is 0 Å². The van der Waals surface area contributed by atoms with Crippen molar-refractivity contribution in [2.45, 2.75) is 37.5 Å². The summed E-state index contributed by atoms with van der Waals surface area (Å²) in [6, 6.07) is -2.06. The minimum atomic E-state index is -5.08. The molecule has 0 aliphatic rings. The first-order valence-corrected chi connectivity index (χ1v) is 8.03. The summed E-state index contributed by atoms with van der Waals surface area (Å²) in [5, 5.41) is 28.9. The highest BCUT2D eigenvalue weighted by Gasteiger charge is 2.38. The average molecular weight is 435 g/mol. The largest absolute Gasteiger partial charge is 0.490 e. The van der Waals surface area contributed by atoms with Gasteiger partial charge in [0.25, 0.3) is 0 Å². The summed E-state index contributed by atoms with van der Waals surface area (Å²) in [6.07, 6.45) is -5.51. The summed E-state index contributed by atoms with van der Waals surface area (Å²) >= 11 is 3.92. The predicted molar refractivity (Wildman–Crippen MR) is 89.6 cm³/mol. The normalized spacial score (nSPS) is 12.6. The lowest BCUT2D eigenvalue weighted by Crippen LogP contribution is -2.48. The van der Waals surface area contributed by atoms with Gasteiger partial charge in [-0.15, -0.1) is 0 Å². The molecule has 2 amide bonds. The van der Waals surface area contributed by atoms with E-state index in [1.165, 1.54) is 0 Å². The number of amides is 2. The molecule has 0 heterocycles. The van der Waals surface area contributed by atoms with Gasteiger partial charge in [0.15, 0.2) is 0 Å². The number of hydrogen-bond donors (Lipinski definition) is 7. The minimum absolute atomic E-state index is 0.0234. The first-order chi connectivity index (χ1) is 12.7. The van der Waals surface area contributed by atoms with Crippen molar-refractivity contribution in [2.24, 2.45) is 5.73 Å². The summed E-state index contributed by atoms with van der Waals surface area (Å²) in [7, 11) is 0. The SMILES string of the molecule is N[C@@H](CCC(=O)N[C@@H](CS)C(=O)NCCC(=O)O)C(=O)O.O=C(O)C(F)(F)F. The van der Waals surface area contributed by atoms with Gasteiger partial charge in [-0.2, -0.15) is 25.8 Å². The lowest BCUT2D eigenvalue weighted by molar-refractivity contribution is -0.192. The topological polar surface area (TPSA) is 196 Å². The van der Waals surface area contributed by atoms with Crippen molar-refractivity contribution in [1.82, 2.24) is 10.6 Å². The molecule has 11 nitrogen and oxygen atoms in total. The second-order valence-electron chi connectivity index (χ2n) is 5.02. The van der Waals surface area contributed by atoms with Crippen LogP contribution in [-0.4, -0.2) is 75.6 Å². The molecule has 0 saturated carbocycles. The summed E-state index contributed by atoms with van der Waals surface area (Å²) < 4.78 is 31.7. The average Bonchev–Trinajstić information content (AvgIpc) is 2.56. The van der Waals surface area contributed by atoms with E-state index in [0.29, 0.717) is 0 Å². The molecule has 162 valence electrons. The zero-order valence-corrected chi connectivity index (χ0v) is 15.1. The summed E-state index contributed by atoms with van der Waals surface area (Å²) in [6.45, 7) is -0.0573. The molecule has 0 radical (unpaired) electrons. The van der Waals surface area contributed by atoms with Crippen LogP contribution in [0.25, 0.3) is 0 Å². The monoisotopic (exact) mass is 435 g/mol. The fraction of sp³-hybridized carbons (Fsp3) is 0.615. The van der Waals surface area contributed by atoms with E-state index in [4.69, 9.17) is 25.8 Å². The molecule has 0 aliphatic heterocycles. The van der Waals surface area contributed by atoms with E-state index in [1.807, 2.05) is 0 Å². The number of carbonyl (C=O) groups excluding carboxylic acids is 2. The molecule has 0 aromatic rings. The molecule has 0 bridgehead atoms. The highest BCUT2D eigenvalue weighted by molar-refractivity contribution is 7.80. The van der Waals surface area contributed by atoms with Crippen LogP contribution in [0.5, 0.6) is 0 Å². The molecule has 2 atom stereocenters. The third kappa shape index (κ3) is 14.6. The smallest absolute Gasteiger partial charge is 0.481 e. The molecule has 0 aliphatic carbocycles. The Labute approximate surface area is 161 Å². The third-order valence-electron chi connectivity index (χ3n) is 2.71. The molecule has 7 N–H and O–H groups in total. The Morgan fingerprint density at radius 3 is 1.89 bits per heavy atom. The second-order valence-corrected chi connectivity index (χ2v) is 5.39. The van der Waals surface area contributed by atoms with Crippen LogP contribution in [0.2, 0.25) is 0 Å². The predicted octanol–water partition coefficient (Wildman–Crippen LogP) is -1.18. The number of carboxylic acid groups (broad SMARTS) is 3. The molecule has 28 heavy (non-hydrogen) atoms. The van der Waals surface area contributed by atoms with E-state index in [2.05, 4.69) is 23.3 Å². The molecular formula is C13H20F3N3O8S. The molecule has 0 aromatic heterocycles. The van der Waals surface area contributed by atoms with Crippen LogP contribution in [-0.2, 0) is 24.0 Å². The Balaban J connectivity index is 0. The van der Waals surface area contributed by atoms with E-state index >= 15 is 0 Å². The lowest BCUT2D eigenvalue weighted by Gasteiger charge is -2.16. The van der Waals surface area contributed by atoms with Gasteiger partial charge < -0.3 is 31.7 Å². The molecule has 0 saturated heterocycles. The van der Waals surface area contributed by atoms with Gasteiger partial charge in [0, 0.05) is 18.7 Å². The number of carboxylic acids is 3. The number of thiol groups is 1. The highest BCUT2D eigenvalue weighted by atomic mass is 32.1. The number of nitrogens with two attached hydrogens (primary N) is 1. The standard InChI is InChI=1S/C11H19N3O6S.C2HF3O2/c12-6(11(19)20)1-2-8(15)14-7(5-21)10(18)13-4-3-9(16)17;3-2(4,5)1(6)7/h6-7,21H,1-5,12H2,(H,13,18)(H,14,15)(H,16,17)(H,19,20);(H,6,7)/t6-,7-;/m0./s1. The van der Waals surface area contributed by atoms with Crippen molar-refractivity contribution >= 4 is 42.4 Å². The molecule has 0 aromatic carbocycles. The van der Waals surface area contributed by atoms with Crippen LogP contribution in [0.3, 0.4) is 0 Å².